The van der Waals surface area contributed by atoms with Gasteiger partial charge >= 0.3 is 231 Å². The third-order valence-electron chi connectivity index (χ3n) is 6.18. The van der Waals surface area contributed by atoms with Crippen LogP contribution in [0.2, 0.25) is 5.02 Å². The summed E-state index contributed by atoms with van der Waals surface area (Å²) in [5, 5.41) is 3.59. The number of anilines is 2. The van der Waals surface area contributed by atoms with Crippen molar-refractivity contribution in [1.82, 2.24) is 19.6 Å². The van der Waals surface area contributed by atoms with E-state index in [1.54, 1.807) is 19.2 Å². The maximum atomic E-state index is 13.0. The normalized spacial score (nSPS) is 15.2. The van der Waals surface area contributed by atoms with Crippen LogP contribution in [0.5, 0.6) is 11.5 Å². The molecule has 4 rings (SSSR count). The molecule has 2 aromatic carbocycles. The van der Waals surface area contributed by atoms with Crippen LogP contribution in [-0.2, 0) is 10.0 Å². The zero-order valence-electron chi connectivity index (χ0n) is 22.5. The van der Waals surface area contributed by atoms with Gasteiger partial charge in [-0.1, -0.05) is 0 Å². The predicted octanol–water partition coefficient (Wildman–Crippen LogP) is 2.94. The van der Waals surface area contributed by atoms with Gasteiger partial charge in [0.2, 0.25) is 0 Å². The van der Waals surface area contributed by atoms with Gasteiger partial charge in [0.25, 0.3) is 0 Å². The Bertz CT molecular complexity index is 1380. The number of hydrogen-bond donors (Lipinski definition) is 2. The average Bonchev–Trinajstić information content (AvgIpc) is 2.92. The van der Waals surface area contributed by atoms with Crippen molar-refractivity contribution in [3.8, 4) is 11.5 Å². The molecule has 3 aromatic rings. The van der Waals surface area contributed by atoms with Crippen molar-refractivity contribution >= 4 is 57.8 Å². The van der Waals surface area contributed by atoms with Crippen molar-refractivity contribution in [3.63, 3.8) is 0 Å². The zero-order chi connectivity index (χ0) is 28.0. The van der Waals surface area contributed by atoms with Gasteiger partial charge in [0, 0.05) is 0 Å². The molecule has 0 spiro atoms. The molecule has 39 heavy (non-hydrogen) atoms. The number of rotatable bonds is 11. The molecule has 0 atom stereocenters. The van der Waals surface area contributed by atoms with E-state index in [-0.39, 0.29) is 16.9 Å². The number of nitrogens with zero attached hydrogens (tertiary/aromatic N) is 3. The van der Waals surface area contributed by atoms with E-state index in [0.717, 1.165) is 31.7 Å². The number of hydrogen-bond acceptors (Lipinski definition) is 8. The van der Waals surface area contributed by atoms with Crippen LogP contribution in [0.3, 0.4) is 0 Å². The fraction of sp³-hybridized carbons (Fsp3) is 0.407. The van der Waals surface area contributed by atoms with Gasteiger partial charge in [0.05, 0.1) is 0 Å². The van der Waals surface area contributed by atoms with E-state index in [1.807, 2.05) is 44.2 Å². The van der Waals surface area contributed by atoms with Gasteiger partial charge in [-0.3, -0.25) is 0 Å². The molecule has 1 fully saturated rings. The van der Waals surface area contributed by atoms with Gasteiger partial charge in [-0.25, -0.2) is 0 Å². The van der Waals surface area contributed by atoms with Crippen LogP contribution in [0.1, 0.15) is 26.7 Å². The van der Waals surface area contributed by atoms with Gasteiger partial charge in [0.15, 0.2) is 0 Å². The summed E-state index contributed by atoms with van der Waals surface area (Å²) in [5.41, 5.74) is 0.679. The Hall–Kier alpha value is -2.36. The number of halogens is 1. The summed E-state index contributed by atoms with van der Waals surface area (Å²) in [6.45, 7) is 6.32. The first-order valence-electron chi connectivity index (χ1n) is 12.8. The summed E-state index contributed by atoms with van der Waals surface area (Å²) >= 11 is 5.62. The van der Waals surface area contributed by atoms with Crippen molar-refractivity contribution in [1.29, 1.82) is 0 Å². The Morgan fingerprint density at radius 1 is 1.18 bits per heavy atom. The van der Waals surface area contributed by atoms with E-state index >= 15 is 0 Å². The number of benzene rings is 2. The van der Waals surface area contributed by atoms with Crippen LogP contribution in [0.4, 0.5) is 11.6 Å². The topological polar surface area (TPSA) is 106 Å². The molecule has 0 saturated carbocycles. The third-order valence-corrected chi connectivity index (χ3v) is 11.0. The summed E-state index contributed by atoms with van der Waals surface area (Å²) in [6, 6.07) is 12.6. The maximum absolute atomic E-state index is 13.0. The molecule has 1 saturated heterocycles. The second kappa shape index (κ2) is 13.3. The van der Waals surface area contributed by atoms with Crippen LogP contribution in [0.15, 0.2) is 53.6 Å². The Labute approximate surface area is 242 Å². The molecule has 0 unspecified atom stereocenters. The van der Waals surface area contributed by atoms with Crippen molar-refractivity contribution in [2.24, 2.45) is 5.92 Å². The number of ether oxygens (including phenoxy) is 2. The molecule has 1 aliphatic heterocycles. The van der Waals surface area contributed by atoms with Crippen LogP contribution in [-0.4, -0.2) is 78.9 Å². The Morgan fingerprint density at radius 2 is 1.92 bits per heavy atom. The Balaban J connectivity index is 1.52. The van der Waals surface area contributed by atoms with Crippen molar-refractivity contribution < 1.29 is 17.9 Å². The minimum absolute atomic E-state index is 0.183. The Morgan fingerprint density at radius 3 is 2.64 bits per heavy atom. The van der Waals surface area contributed by atoms with Crippen molar-refractivity contribution in [3.05, 3.63) is 53.7 Å². The standard InChI is InChI=1S/C27H34AsClN5O4S/c1-18(2)16-31-39(35,36)25-8-6-5-7-21(25)28-26-22(29)17-30-27(33-26)32-23-10-9-20(15-24(23)37-4)38-19-11-13-34(3)14-12-19/h5-10,15,17-19,31H,11-14,16H2,1-4H3,(H,30,32,33). The number of piperidine rings is 1. The van der Waals surface area contributed by atoms with Gasteiger partial charge < -0.3 is 4.90 Å². The van der Waals surface area contributed by atoms with E-state index < -0.39 is 25.8 Å². The summed E-state index contributed by atoms with van der Waals surface area (Å²) in [4.78, 5) is 11.5. The molecule has 209 valence electrons. The van der Waals surface area contributed by atoms with E-state index in [2.05, 4.69) is 32.0 Å². The molecular weight excluding hydrogens is 601 g/mol. The molecule has 2 N–H and O–H groups in total. The summed E-state index contributed by atoms with van der Waals surface area (Å²) < 4.78 is 41.7. The fourth-order valence-electron chi connectivity index (χ4n) is 4.01. The molecule has 1 radical (unpaired) electrons. The van der Waals surface area contributed by atoms with Gasteiger partial charge in [-0.2, -0.15) is 0 Å². The van der Waals surface area contributed by atoms with Gasteiger partial charge in [0.1, 0.15) is 0 Å². The monoisotopic (exact) mass is 634 g/mol. The first kappa shape index (κ1) is 29.6. The van der Waals surface area contributed by atoms with Gasteiger partial charge in [-0.15, -0.1) is 0 Å². The molecule has 1 aliphatic rings. The predicted molar refractivity (Wildman–Crippen MR) is 156 cm³/mol. The molecule has 9 nitrogen and oxygen atoms in total. The molecule has 0 amide bonds. The van der Waals surface area contributed by atoms with Crippen molar-refractivity contribution in [2.75, 3.05) is 39.1 Å². The molecular formula is C27H34AsClN5O4S. The molecule has 0 aliphatic carbocycles. The Kier molecular flexibility index (Phi) is 10.1. The molecule has 0 bridgehead atoms. The number of sulfonamides is 1. The molecule has 2 heterocycles. The number of methoxy groups -OCH3 is 1. The van der Waals surface area contributed by atoms with Crippen LogP contribution < -0.4 is 28.3 Å². The second-order valence-electron chi connectivity index (χ2n) is 9.80. The quantitative estimate of drug-likeness (QED) is 0.311. The van der Waals surface area contributed by atoms with E-state index in [4.69, 9.17) is 21.1 Å². The molecule has 1 aromatic heterocycles. The van der Waals surface area contributed by atoms with Gasteiger partial charge in [-0.05, 0) is 7.05 Å². The van der Waals surface area contributed by atoms with E-state index in [9.17, 15) is 8.42 Å². The summed E-state index contributed by atoms with van der Waals surface area (Å²) in [5.74, 6) is 1.88. The minimum atomic E-state index is -3.66. The van der Waals surface area contributed by atoms with E-state index in [1.165, 1.54) is 6.20 Å². The van der Waals surface area contributed by atoms with Crippen LogP contribution >= 0.6 is 11.6 Å². The third kappa shape index (κ3) is 8.08. The first-order chi connectivity index (χ1) is 18.6. The number of likely N-dealkylation sites (tertiary alicyclic amines) is 1. The van der Waals surface area contributed by atoms with Crippen LogP contribution in [0.25, 0.3) is 0 Å². The number of nitrogens with one attached hydrogen (secondary N) is 2. The zero-order valence-corrected chi connectivity index (χ0v) is 26.0. The number of aromatic nitrogens is 2. The summed E-state index contributed by atoms with van der Waals surface area (Å²) in [6.07, 6.45) is 3.68. The van der Waals surface area contributed by atoms with E-state index in [0.29, 0.717) is 37.8 Å². The second-order valence-corrected chi connectivity index (χ2v) is 14.3. The first-order valence-corrected chi connectivity index (χ1v) is 16.5. The molecule has 12 heteroatoms. The van der Waals surface area contributed by atoms with Crippen molar-refractivity contribution in [2.45, 2.75) is 37.7 Å². The summed E-state index contributed by atoms with van der Waals surface area (Å²) in [7, 11) is 0.0593. The SMILES string of the molecule is COc1cc(OC2CCN(C)CC2)ccc1Nc1ncc(Cl)c([As]c2ccccc2S(=O)(=O)NCC(C)C)n1. The van der Waals surface area contributed by atoms with Crippen LogP contribution in [0, 0.1) is 5.92 Å². The average molecular weight is 635 g/mol. The fourth-order valence-corrected chi connectivity index (χ4v) is 8.47.